The second-order valence-corrected chi connectivity index (χ2v) is 8.89. The third-order valence-electron chi connectivity index (χ3n) is 6.58. The number of nitrogens with zero attached hydrogens (tertiary/aromatic N) is 3. The third-order valence-corrected chi connectivity index (χ3v) is 6.81. The summed E-state index contributed by atoms with van der Waals surface area (Å²) in [7, 11) is 0. The SMILES string of the molecule is O=C(Nc1cccc(Cl)c1)[C@@H]1Cn2ccnc2C2(CCN(C(=O)C3CCC3)CC2)O1. The van der Waals surface area contributed by atoms with E-state index in [1.54, 1.807) is 30.5 Å². The van der Waals surface area contributed by atoms with E-state index in [-0.39, 0.29) is 17.7 Å². The van der Waals surface area contributed by atoms with E-state index < -0.39 is 11.7 Å². The van der Waals surface area contributed by atoms with Crippen LogP contribution in [0.5, 0.6) is 0 Å². The minimum absolute atomic E-state index is 0.199. The summed E-state index contributed by atoms with van der Waals surface area (Å²) in [6.45, 7) is 1.67. The Labute approximate surface area is 180 Å². The summed E-state index contributed by atoms with van der Waals surface area (Å²) in [4.78, 5) is 32.1. The van der Waals surface area contributed by atoms with Crippen LogP contribution in [0.1, 0.15) is 37.9 Å². The highest BCUT2D eigenvalue weighted by Crippen LogP contribution is 2.41. The highest BCUT2D eigenvalue weighted by atomic mass is 35.5. The number of ether oxygens (including phenoxy) is 1. The molecule has 1 spiro atoms. The van der Waals surface area contributed by atoms with Gasteiger partial charge in [0.1, 0.15) is 11.4 Å². The molecule has 158 valence electrons. The molecule has 2 fully saturated rings. The molecule has 1 aromatic heterocycles. The summed E-state index contributed by atoms with van der Waals surface area (Å²) < 4.78 is 8.44. The number of fused-ring (bicyclic) bond motifs is 2. The molecule has 0 unspecified atom stereocenters. The number of anilines is 1. The lowest BCUT2D eigenvalue weighted by Crippen LogP contribution is -2.54. The smallest absolute Gasteiger partial charge is 0.255 e. The quantitative estimate of drug-likeness (QED) is 0.814. The zero-order valence-corrected chi connectivity index (χ0v) is 17.5. The number of benzene rings is 1. The van der Waals surface area contributed by atoms with Gasteiger partial charge in [-0.25, -0.2) is 4.98 Å². The Balaban J connectivity index is 1.32. The van der Waals surface area contributed by atoms with Crippen LogP contribution in [0.25, 0.3) is 0 Å². The van der Waals surface area contributed by atoms with Crippen LogP contribution in [0, 0.1) is 5.92 Å². The Kier molecular flexibility index (Phi) is 5.03. The molecule has 30 heavy (non-hydrogen) atoms. The van der Waals surface area contributed by atoms with Gasteiger partial charge in [-0.05, 0) is 31.0 Å². The molecular weight excluding hydrogens is 404 g/mol. The second-order valence-electron chi connectivity index (χ2n) is 8.46. The monoisotopic (exact) mass is 428 g/mol. The van der Waals surface area contributed by atoms with Crippen molar-refractivity contribution >= 4 is 29.1 Å². The van der Waals surface area contributed by atoms with E-state index in [1.165, 1.54) is 0 Å². The van der Waals surface area contributed by atoms with Crippen LogP contribution in [-0.2, 0) is 26.5 Å². The van der Waals surface area contributed by atoms with Crippen molar-refractivity contribution in [3.63, 3.8) is 0 Å². The van der Waals surface area contributed by atoms with Crippen molar-refractivity contribution in [1.82, 2.24) is 14.5 Å². The lowest BCUT2D eigenvalue weighted by molar-refractivity contribution is -0.174. The number of nitrogens with one attached hydrogen (secondary N) is 1. The molecule has 8 heteroatoms. The average molecular weight is 429 g/mol. The number of halogens is 1. The second kappa shape index (κ2) is 7.71. The van der Waals surface area contributed by atoms with Crippen molar-refractivity contribution < 1.29 is 14.3 Å². The standard InChI is InChI=1S/C22H25ClN4O3/c23-16-5-2-6-17(13-16)25-19(28)18-14-27-12-9-24-21(27)22(30-18)7-10-26(11-8-22)20(29)15-3-1-4-15/h2,5-6,9,12-13,15,18H,1,3-4,7-8,10-11,14H2,(H,25,28)/t18-/m0/s1. The van der Waals surface area contributed by atoms with Crippen molar-refractivity contribution in [3.8, 4) is 0 Å². The molecule has 7 nitrogen and oxygen atoms in total. The summed E-state index contributed by atoms with van der Waals surface area (Å²) >= 11 is 6.03. The summed E-state index contributed by atoms with van der Waals surface area (Å²) in [5, 5.41) is 3.47. The highest BCUT2D eigenvalue weighted by Gasteiger charge is 2.48. The van der Waals surface area contributed by atoms with E-state index in [4.69, 9.17) is 16.3 Å². The molecular formula is C22H25ClN4O3. The third kappa shape index (κ3) is 3.50. The number of carbonyl (C=O) groups is 2. The number of likely N-dealkylation sites (tertiary alicyclic amines) is 1. The van der Waals surface area contributed by atoms with E-state index in [9.17, 15) is 9.59 Å². The molecule has 1 atom stereocenters. The highest BCUT2D eigenvalue weighted by molar-refractivity contribution is 6.30. The molecule has 1 aromatic carbocycles. The van der Waals surface area contributed by atoms with Crippen LogP contribution in [0.3, 0.4) is 0 Å². The Morgan fingerprint density at radius 3 is 2.73 bits per heavy atom. The first kappa shape index (κ1) is 19.6. The predicted octanol–water partition coefficient (Wildman–Crippen LogP) is 3.19. The maximum Gasteiger partial charge on any atom is 0.255 e. The first-order chi connectivity index (χ1) is 14.5. The average Bonchev–Trinajstić information content (AvgIpc) is 3.17. The van der Waals surface area contributed by atoms with E-state index in [0.29, 0.717) is 43.2 Å². The van der Waals surface area contributed by atoms with Crippen molar-refractivity contribution in [2.75, 3.05) is 18.4 Å². The molecule has 2 aliphatic heterocycles. The van der Waals surface area contributed by atoms with Crippen LogP contribution >= 0.6 is 11.6 Å². The number of carbonyl (C=O) groups excluding carboxylic acids is 2. The Hall–Kier alpha value is -2.38. The lowest BCUT2D eigenvalue weighted by Gasteiger charge is -2.46. The first-order valence-electron chi connectivity index (χ1n) is 10.6. The predicted molar refractivity (Wildman–Crippen MR) is 112 cm³/mol. The Morgan fingerprint density at radius 1 is 1.23 bits per heavy atom. The molecule has 1 N–H and O–H groups in total. The molecule has 0 radical (unpaired) electrons. The largest absolute Gasteiger partial charge is 0.352 e. The molecule has 1 saturated heterocycles. The summed E-state index contributed by atoms with van der Waals surface area (Å²) in [5.41, 5.74) is -0.00317. The number of hydrogen-bond donors (Lipinski definition) is 1. The van der Waals surface area contributed by atoms with Crippen LogP contribution < -0.4 is 5.32 Å². The van der Waals surface area contributed by atoms with Gasteiger partial charge in [0.2, 0.25) is 5.91 Å². The first-order valence-corrected chi connectivity index (χ1v) is 11.0. The number of rotatable bonds is 3. The number of piperidine rings is 1. The molecule has 3 aliphatic rings. The van der Waals surface area contributed by atoms with Gasteiger partial charge in [-0.2, -0.15) is 0 Å². The molecule has 2 aromatic rings. The van der Waals surface area contributed by atoms with Gasteiger partial charge in [-0.1, -0.05) is 24.1 Å². The van der Waals surface area contributed by atoms with Crippen LogP contribution in [0.2, 0.25) is 5.02 Å². The van der Waals surface area contributed by atoms with Crippen molar-refractivity contribution in [3.05, 3.63) is 47.5 Å². The van der Waals surface area contributed by atoms with Gasteiger partial charge in [0, 0.05) is 55.0 Å². The number of hydrogen-bond acceptors (Lipinski definition) is 4. The Bertz CT molecular complexity index is 963. The van der Waals surface area contributed by atoms with Gasteiger partial charge in [-0.3, -0.25) is 9.59 Å². The lowest BCUT2D eigenvalue weighted by atomic mass is 9.82. The minimum atomic E-state index is -0.644. The molecule has 2 amide bonds. The maximum absolute atomic E-state index is 13.0. The molecule has 5 rings (SSSR count). The summed E-state index contributed by atoms with van der Waals surface area (Å²) in [6, 6.07) is 7.07. The van der Waals surface area contributed by atoms with Gasteiger partial charge in [0.05, 0.1) is 6.54 Å². The molecule has 1 aliphatic carbocycles. The molecule has 1 saturated carbocycles. The summed E-state index contributed by atoms with van der Waals surface area (Å²) in [6.07, 6.45) is 7.46. The van der Waals surface area contributed by atoms with E-state index in [0.717, 1.165) is 25.1 Å². The van der Waals surface area contributed by atoms with E-state index >= 15 is 0 Å². The zero-order chi connectivity index (χ0) is 20.7. The normalized spacial score (nSPS) is 23.0. The number of aromatic nitrogens is 2. The van der Waals surface area contributed by atoms with Gasteiger partial charge >= 0.3 is 0 Å². The minimum Gasteiger partial charge on any atom is -0.352 e. The zero-order valence-electron chi connectivity index (χ0n) is 16.7. The maximum atomic E-state index is 13.0. The van der Waals surface area contributed by atoms with Gasteiger partial charge in [0.25, 0.3) is 5.91 Å². The van der Waals surface area contributed by atoms with Crippen molar-refractivity contribution in [2.45, 2.75) is 50.4 Å². The van der Waals surface area contributed by atoms with Crippen molar-refractivity contribution in [1.29, 1.82) is 0 Å². The fourth-order valence-corrected chi connectivity index (χ4v) is 4.86. The van der Waals surface area contributed by atoms with E-state index in [1.807, 2.05) is 15.7 Å². The molecule has 0 bridgehead atoms. The Morgan fingerprint density at radius 2 is 2.03 bits per heavy atom. The topological polar surface area (TPSA) is 76.5 Å². The van der Waals surface area contributed by atoms with Crippen molar-refractivity contribution in [2.24, 2.45) is 5.92 Å². The number of imidazole rings is 1. The van der Waals surface area contributed by atoms with Gasteiger partial charge in [0.15, 0.2) is 6.10 Å². The number of amides is 2. The molecule has 3 heterocycles. The fourth-order valence-electron chi connectivity index (χ4n) is 4.67. The van der Waals surface area contributed by atoms with Gasteiger partial charge in [-0.15, -0.1) is 0 Å². The van der Waals surface area contributed by atoms with Crippen LogP contribution in [0.15, 0.2) is 36.7 Å². The summed E-state index contributed by atoms with van der Waals surface area (Å²) in [5.74, 6) is 1.11. The fraction of sp³-hybridized carbons (Fsp3) is 0.500. The van der Waals surface area contributed by atoms with E-state index in [2.05, 4.69) is 10.3 Å². The van der Waals surface area contributed by atoms with Crippen LogP contribution in [-0.4, -0.2) is 45.5 Å². The van der Waals surface area contributed by atoms with Crippen LogP contribution in [0.4, 0.5) is 5.69 Å². The van der Waals surface area contributed by atoms with Gasteiger partial charge < -0.3 is 19.5 Å².